The molecule has 0 aromatic heterocycles. The molecule has 0 aliphatic heterocycles. The summed E-state index contributed by atoms with van der Waals surface area (Å²) >= 11 is 0. The molecule has 1 N–H and O–H groups in total. The van der Waals surface area contributed by atoms with Crippen molar-refractivity contribution in [3.8, 4) is 5.75 Å². The number of carbonyl (C=O) groups excluding carboxylic acids is 1. The van der Waals surface area contributed by atoms with E-state index in [0.717, 1.165) is 26.6 Å². The number of amides is 1. The Hall–Kier alpha value is -3.32. The summed E-state index contributed by atoms with van der Waals surface area (Å²) in [6, 6.07) is 19.1. The molecule has 3 aromatic rings. The summed E-state index contributed by atoms with van der Waals surface area (Å²) in [6.07, 6.45) is 0.683. The van der Waals surface area contributed by atoms with Crippen molar-refractivity contribution in [3.05, 3.63) is 89.0 Å². The van der Waals surface area contributed by atoms with Gasteiger partial charge in [-0.3, -0.25) is 9.10 Å². The predicted octanol–water partition coefficient (Wildman–Crippen LogP) is 5.08. The Morgan fingerprint density at radius 3 is 2.12 bits per heavy atom. The highest BCUT2D eigenvalue weighted by atomic mass is 32.2. The van der Waals surface area contributed by atoms with E-state index in [1.165, 1.54) is 0 Å². The van der Waals surface area contributed by atoms with Crippen molar-refractivity contribution in [2.24, 2.45) is 0 Å². The molecule has 3 aromatic carbocycles. The number of aryl methyl sites for hydroxylation is 3. The average molecular weight is 481 g/mol. The zero-order valence-corrected chi connectivity index (χ0v) is 21.1. The SMILES string of the molecule is CCC(NC(=O)CN(c1ccc(OC)cc1)S(=O)(=O)c1ccc(C)cc1)c1ccc(C)cc1C. The van der Waals surface area contributed by atoms with Gasteiger partial charge < -0.3 is 10.1 Å². The fourth-order valence-corrected chi connectivity index (χ4v) is 5.31. The summed E-state index contributed by atoms with van der Waals surface area (Å²) in [4.78, 5) is 13.3. The van der Waals surface area contributed by atoms with E-state index in [2.05, 4.69) is 11.4 Å². The van der Waals surface area contributed by atoms with E-state index in [-0.39, 0.29) is 23.4 Å². The van der Waals surface area contributed by atoms with E-state index in [1.54, 1.807) is 55.6 Å². The van der Waals surface area contributed by atoms with Gasteiger partial charge in [-0.15, -0.1) is 0 Å². The van der Waals surface area contributed by atoms with Gasteiger partial charge in [-0.1, -0.05) is 48.4 Å². The number of ether oxygens (including phenoxy) is 1. The molecule has 0 radical (unpaired) electrons. The highest BCUT2D eigenvalue weighted by molar-refractivity contribution is 7.92. The minimum atomic E-state index is -3.97. The Labute approximate surface area is 202 Å². The molecule has 1 unspecified atom stereocenters. The van der Waals surface area contributed by atoms with Crippen molar-refractivity contribution >= 4 is 21.6 Å². The van der Waals surface area contributed by atoms with Crippen LogP contribution in [0.5, 0.6) is 5.75 Å². The first kappa shape index (κ1) is 25.3. The van der Waals surface area contributed by atoms with Crippen LogP contribution in [-0.2, 0) is 14.8 Å². The number of anilines is 1. The molecule has 0 saturated heterocycles. The maximum atomic E-state index is 13.6. The molecule has 180 valence electrons. The Kier molecular flexibility index (Phi) is 7.99. The first-order chi connectivity index (χ1) is 16.1. The summed E-state index contributed by atoms with van der Waals surface area (Å²) in [7, 11) is -2.43. The maximum absolute atomic E-state index is 13.6. The molecule has 1 amide bonds. The van der Waals surface area contributed by atoms with Crippen LogP contribution in [0.25, 0.3) is 0 Å². The van der Waals surface area contributed by atoms with Gasteiger partial charge in [-0.2, -0.15) is 0 Å². The number of hydrogen-bond acceptors (Lipinski definition) is 4. The van der Waals surface area contributed by atoms with E-state index in [0.29, 0.717) is 17.9 Å². The van der Waals surface area contributed by atoms with Crippen LogP contribution in [0.15, 0.2) is 71.6 Å². The third-order valence-electron chi connectivity index (χ3n) is 5.80. The van der Waals surface area contributed by atoms with Gasteiger partial charge in [-0.05, 0) is 74.7 Å². The number of rotatable bonds is 9. The van der Waals surface area contributed by atoms with Gasteiger partial charge in [0.2, 0.25) is 5.91 Å². The van der Waals surface area contributed by atoms with Crippen molar-refractivity contribution in [3.63, 3.8) is 0 Å². The quantitative estimate of drug-likeness (QED) is 0.463. The molecule has 0 aliphatic carbocycles. The second-order valence-corrected chi connectivity index (χ2v) is 10.3. The molecule has 7 heteroatoms. The third-order valence-corrected chi connectivity index (χ3v) is 7.59. The predicted molar refractivity (Wildman–Crippen MR) is 136 cm³/mol. The van der Waals surface area contributed by atoms with Crippen LogP contribution in [0.1, 0.15) is 41.6 Å². The largest absolute Gasteiger partial charge is 0.497 e. The first-order valence-corrected chi connectivity index (χ1v) is 12.7. The fraction of sp³-hybridized carbons (Fsp3) is 0.296. The van der Waals surface area contributed by atoms with E-state index in [9.17, 15) is 13.2 Å². The fourth-order valence-electron chi connectivity index (χ4n) is 3.89. The van der Waals surface area contributed by atoms with Crippen LogP contribution >= 0.6 is 0 Å². The van der Waals surface area contributed by atoms with Crippen molar-refractivity contribution in [1.82, 2.24) is 5.32 Å². The average Bonchev–Trinajstić information content (AvgIpc) is 2.81. The topological polar surface area (TPSA) is 75.7 Å². The Bertz CT molecular complexity index is 1240. The molecule has 0 fully saturated rings. The van der Waals surface area contributed by atoms with Gasteiger partial charge in [0.15, 0.2) is 0 Å². The minimum Gasteiger partial charge on any atom is -0.497 e. The summed E-state index contributed by atoms with van der Waals surface area (Å²) in [5.74, 6) is 0.222. The third kappa shape index (κ3) is 5.78. The first-order valence-electron chi connectivity index (χ1n) is 11.3. The van der Waals surface area contributed by atoms with E-state index < -0.39 is 10.0 Å². The maximum Gasteiger partial charge on any atom is 0.264 e. The van der Waals surface area contributed by atoms with Crippen molar-refractivity contribution in [2.45, 2.75) is 45.1 Å². The zero-order valence-electron chi connectivity index (χ0n) is 20.3. The lowest BCUT2D eigenvalue weighted by molar-refractivity contribution is -0.120. The van der Waals surface area contributed by atoms with Gasteiger partial charge in [-0.25, -0.2) is 8.42 Å². The molecule has 6 nitrogen and oxygen atoms in total. The number of hydrogen-bond donors (Lipinski definition) is 1. The van der Waals surface area contributed by atoms with E-state index >= 15 is 0 Å². The van der Waals surface area contributed by atoms with Crippen LogP contribution in [0, 0.1) is 20.8 Å². The molecular weight excluding hydrogens is 448 g/mol. The highest BCUT2D eigenvalue weighted by Gasteiger charge is 2.28. The van der Waals surface area contributed by atoms with Crippen LogP contribution < -0.4 is 14.4 Å². The smallest absolute Gasteiger partial charge is 0.264 e. The summed E-state index contributed by atoms with van der Waals surface area (Å²) in [5, 5.41) is 3.03. The molecule has 0 saturated carbocycles. The normalized spacial score (nSPS) is 12.1. The van der Waals surface area contributed by atoms with E-state index in [1.807, 2.05) is 39.8 Å². The van der Waals surface area contributed by atoms with Gasteiger partial charge >= 0.3 is 0 Å². The number of sulfonamides is 1. The molecular formula is C27H32N2O4S. The number of nitrogens with one attached hydrogen (secondary N) is 1. The van der Waals surface area contributed by atoms with Crippen LogP contribution in [0.2, 0.25) is 0 Å². The van der Waals surface area contributed by atoms with Crippen molar-refractivity contribution in [2.75, 3.05) is 18.0 Å². The second-order valence-electron chi connectivity index (χ2n) is 8.41. The summed E-state index contributed by atoms with van der Waals surface area (Å²) in [5.41, 5.74) is 4.60. The number of carbonyl (C=O) groups is 1. The van der Waals surface area contributed by atoms with Gasteiger partial charge in [0.25, 0.3) is 10.0 Å². The second kappa shape index (κ2) is 10.7. The van der Waals surface area contributed by atoms with Gasteiger partial charge in [0, 0.05) is 0 Å². The zero-order chi connectivity index (χ0) is 24.9. The number of benzene rings is 3. The minimum absolute atomic E-state index is 0.128. The van der Waals surface area contributed by atoms with Gasteiger partial charge in [0.05, 0.1) is 23.7 Å². The van der Waals surface area contributed by atoms with E-state index in [4.69, 9.17) is 4.74 Å². The van der Waals surface area contributed by atoms with Crippen LogP contribution in [-0.4, -0.2) is 28.0 Å². The summed E-state index contributed by atoms with van der Waals surface area (Å²) in [6.45, 7) is 7.59. The van der Waals surface area contributed by atoms with Crippen LogP contribution in [0.4, 0.5) is 5.69 Å². The monoisotopic (exact) mass is 480 g/mol. The number of nitrogens with zero attached hydrogens (tertiary/aromatic N) is 1. The Balaban J connectivity index is 1.92. The molecule has 1 atom stereocenters. The Morgan fingerprint density at radius 2 is 1.56 bits per heavy atom. The lowest BCUT2D eigenvalue weighted by atomic mass is 9.97. The standard InChI is InChI=1S/C27H32N2O4S/c1-6-26(25-16-9-20(3)17-21(25)4)28-27(30)18-29(22-10-12-23(33-5)13-11-22)34(31,32)24-14-7-19(2)8-15-24/h7-17,26H,6,18H2,1-5H3,(H,28,30). The lowest BCUT2D eigenvalue weighted by Crippen LogP contribution is -2.42. The number of methoxy groups -OCH3 is 1. The highest BCUT2D eigenvalue weighted by Crippen LogP contribution is 2.27. The molecule has 0 aliphatic rings. The Morgan fingerprint density at radius 1 is 0.941 bits per heavy atom. The molecule has 3 rings (SSSR count). The molecule has 34 heavy (non-hydrogen) atoms. The summed E-state index contributed by atoms with van der Waals surface area (Å²) < 4.78 is 33.5. The molecule has 0 bridgehead atoms. The molecule has 0 heterocycles. The molecule has 0 spiro atoms. The van der Waals surface area contributed by atoms with Crippen molar-refractivity contribution in [1.29, 1.82) is 0 Å². The van der Waals surface area contributed by atoms with Crippen LogP contribution in [0.3, 0.4) is 0 Å². The van der Waals surface area contributed by atoms with Crippen molar-refractivity contribution < 1.29 is 17.9 Å². The van der Waals surface area contributed by atoms with Gasteiger partial charge in [0.1, 0.15) is 12.3 Å². The lowest BCUT2D eigenvalue weighted by Gasteiger charge is -2.26.